The van der Waals surface area contributed by atoms with Crippen molar-refractivity contribution in [2.75, 3.05) is 27.2 Å². The van der Waals surface area contributed by atoms with Gasteiger partial charge >= 0.3 is 0 Å². The molecule has 0 amide bonds. The fourth-order valence-corrected chi connectivity index (χ4v) is 1.60. The maximum Gasteiger partial charge on any atom is 0.152 e. The number of hydrogen-bond acceptors (Lipinski definition) is 4. The van der Waals surface area contributed by atoms with Gasteiger partial charge in [0, 0.05) is 0 Å². The number of rotatable bonds is 1. The van der Waals surface area contributed by atoms with Gasteiger partial charge in [0.15, 0.2) is 6.29 Å². The summed E-state index contributed by atoms with van der Waals surface area (Å²) < 4.78 is 12.6. The quantitative estimate of drug-likeness (QED) is 0.809. The Kier molecular flexibility index (Phi) is 22.4. The van der Waals surface area contributed by atoms with Crippen LogP contribution in [0.4, 0.5) is 4.39 Å². The Hall–Kier alpha value is -1.59. The average molecular weight is 314 g/mol. The third-order valence-electron chi connectivity index (χ3n) is 2.61. The highest BCUT2D eigenvalue weighted by Crippen LogP contribution is 2.06. The first-order valence-corrected chi connectivity index (χ1v) is 7.40. The smallest absolute Gasteiger partial charge is 0.152 e. The number of halogens is 1. The van der Waals surface area contributed by atoms with Crippen LogP contribution >= 0.6 is 0 Å². The standard InChI is InChI=1S/C8H7FO.C5H11N.C2H6.CH5N.CH2O/c1-6-2-3-7(5-10)8(9)4-6;1-6-4-2-3-5-6;3*1-2/h2-5H,1H3;2-5H2,1H3;1-2H3;2H2,1H3;1H2. The predicted octanol–water partition coefficient (Wildman–Crippen LogP) is 3.07. The van der Waals surface area contributed by atoms with Gasteiger partial charge in [-0.05, 0) is 64.6 Å². The monoisotopic (exact) mass is 314 g/mol. The summed E-state index contributed by atoms with van der Waals surface area (Å²) in [5.74, 6) is -0.449. The van der Waals surface area contributed by atoms with Gasteiger partial charge in [-0.1, -0.05) is 19.9 Å². The van der Waals surface area contributed by atoms with Gasteiger partial charge in [0.1, 0.15) is 12.6 Å². The number of carbonyl (C=O) groups excluding carboxylic acids is 2. The van der Waals surface area contributed by atoms with Crippen LogP contribution in [0.1, 0.15) is 42.6 Å². The molecule has 0 aromatic heterocycles. The van der Waals surface area contributed by atoms with Crippen molar-refractivity contribution < 1.29 is 14.0 Å². The van der Waals surface area contributed by atoms with Gasteiger partial charge in [0.05, 0.1) is 5.56 Å². The number of likely N-dealkylation sites (tertiary alicyclic amines) is 1. The van der Waals surface area contributed by atoms with Crippen LogP contribution in [0, 0.1) is 12.7 Å². The Balaban J connectivity index is -0.000000258. The molecule has 4 nitrogen and oxygen atoms in total. The zero-order valence-corrected chi connectivity index (χ0v) is 14.6. The van der Waals surface area contributed by atoms with Crippen LogP contribution in [-0.2, 0) is 4.79 Å². The summed E-state index contributed by atoms with van der Waals surface area (Å²) in [6.07, 6.45) is 3.34. The molecule has 2 rings (SSSR count). The van der Waals surface area contributed by atoms with Crippen LogP contribution < -0.4 is 5.73 Å². The second kappa shape index (κ2) is 19.4. The average Bonchev–Trinajstić information content (AvgIpc) is 3.05. The SMILES string of the molecule is C=O.CC.CN.CN1CCCC1.Cc1ccc(C=O)c(F)c1. The second-order valence-electron chi connectivity index (χ2n) is 4.15. The molecule has 1 aromatic rings. The first kappa shape index (κ1) is 25.4. The van der Waals surface area contributed by atoms with Crippen molar-refractivity contribution >= 4 is 13.1 Å². The molecule has 0 bridgehead atoms. The molecule has 1 aliphatic rings. The molecule has 22 heavy (non-hydrogen) atoms. The molecule has 0 spiro atoms. The molecule has 1 aliphatic heterocycles. The molecule has 1 aromatic carbocycles. The molecule has 2 N–H and O–H groups in total. The summed E-state index contributed by atoms with van der Waals surface area (Å²) in [4.78, 5) is 20.5. The number of aldehydes is 1. The van der Waals surface area contributed by atoms with Crippen LogP contribution in [-0.4, -0.2) is 45.2 Å². The van der Waals surface area contributed by atoms with Gasteiger partial charge in [-0.3, -0.25) is 4.79 Å². The van der Waals surface area contributed by atoms with E-state index in [1.807, 2.05) is 20.6 Å². The summed E-state index contributed by atoms with van der Waals surface area (Å²) in [6, 6.07) is 4.51. The minimum Gasteiger partial charge on any atom is -0.333 e. The Labute approximate surface area is 134 Å². The zero-order valence-electron chi connectivity index (χ0n) is 14.6. The zero-order chi connectivity index (χ0) is 18.0. The molecular formula is C17H31FN2O2. The molecule has 5 heteroatoms. The Morgan fingerprint density at radius 3 is 1.91 bits per heavy atom. The fraction of sp³-hybridized carbons (Fsp3) is 0.529. The van der Waals surface area contributed by atoms with Crippen LogP contribution in [0.25, 0.3) is 0 Å². The Morgan fingerprint density at radius 2 is 1.64 bits per heavy atom. The summed E-state index contributed by atoms with van der Waals surface area (Å²) in [5.41, 5.74) is 5.44. The van der Waals surface area contributed by atoms with E-state index in [4.69, 9.17) is 4.79 Å². The Bertz CT molecular complexity index is 368. The van der Waals surface area contributed by atoms with E-state index in [1.165, 1.54) is 45.1 Å². The molecule has 0 saturated carbocycles. The van der Waals surface area contributed by atoms with E-state index in [1.54, 1.807) is 13.0 Å². The predicted molar refractivity (Wildman–Crippen MR) is 91.8 cm³/mol. The van der Waals surface area contributed by atoms with Gasteiger partial charge in [0.2, 0.25) is 0 Å². The van der Waals surface area contributed by atoms with Crippen molar-refractivity contribution in [3.8, 4) is 0 Å². The Morgan fingerprint density at radius 1 is 1.18 bits per heavy atom. The lowest BCUT2D eigenvalue weighted by Gasteiger charge is -2.01. The van der Waals surface area contributed by atoms with Crippen LogP contribution in [0.15, 0.2) is 18.2 Å². The third kappa shape index (κ3) is 13.4. The van der Waals surface area contributed by atoms with Crippen molar-refractivity contribution in [3.05, 3.63) is 35.1 Å². The van der Waals surface area contributed by atoms with E-state index in [-0.39, 0.29) is 5.56 Å². The minimum atomic E-state index is -0.449. The largest absolute Gasteiger partial charge is 0.333 e. The van der Waals surface area contributed by atoms with E-state index >= 15 is 0 Å². The highest BCUT2D eigenvalue weighted by Gasteiger charge is 2.03. The number of nitrogens with two attached hydrogens (primary N) is 1. The maximum absolute atomic E-state index is 12.6. The van der Waals surface area contributed by atoms with Crippen molar-refractivity contribution in [3.63, 3.8) is 0 Å². The highest BCUT2D eigenvalue weighted by atomic mass is 19.1. The molecule has 0 radical (unpaired) electrons. The topological polar surface area (TPSA) is 63.4 Å². The van der Waals surface area contributed by atoms with Crippen molar-refractivity contribution in [1.29, 1.82) is 0 Å². The van der Waals surface area contributed by atoms with Crippen LogP contribution in [0.5, 0.6) is 0 Å². The van der Waals surface area contributed by atoms with Crippen LogP contribution in [0.3, 0.4) is 0 Å². The van der Waals surface area contributed by atoms with E-state index in [0.29, 0.717) is 6.29 Å². The molecule has 1 heterocycles. The van der Waals surface area contributed by atoms with Crippen LogP contribution in [0.2, 0.25) is 0 Å². The third-order valence-corrected chi connectivity index (χ3v) is 2.61. The van der Waals surface area contributed by atoms with E-state index in [0.717, 1.165) is 5.56 Å². The lowest BCUT2D eigenvalue weighted by atomic mass is 10.1. The number of nitrogens with zero attached hydrogens (tertiary/aromatic N) is 1. The highest BCUT2D eigenvalue weighted by molar-refractivity contribution is 5.75. The normalized spacial score (nSPS) is 12.0. The lowest BCUT2D eigenvalue weighted by Crippen LogP contribution is -2.10. The molecule has 0 aliphatic carbocycles. The maximum atomic E-state index is 12.6. The molecule has 128 valence electrons. The number of carbonyl (C=O) groups is 2. The molecular weight excluding hydrogens is 283 g/mol. The van der Waals surface area contributed by atoms with Gasteiger partial charge in [-0.15, -0.1) is 0 Å². The number of hydrogen-bond donors (Lipinski definition) is 1. The van der Waals surface area contributed by atoms with E-state index in [2.05, 4.69) is 17.7 Å². The summed E-state index contributed by atoms with van der Waals surface area (Å²) in [7, 11) is 3.67. The van der Waals surface area contributed by atoms with Gasteiger partial charge in [-0.2, -0.15) is 0 Å². The summed E-state index contributed by atoms with van der Waals surface area (Å²) in [6.45, 7) is 10.4. The minimum absolute atomic E-state index is 0.116. The first-order chi connectivity index (χ1) is 10.6. The second-order valence-corrected chi connectivity index (χ2v) is 4.15. The molecule has 0 atom stereocenters. The molecule has 1 fully saturated rings. The van der Waals surface area contributed by atoms with E-state index in [9.17, 15) is 9.18 Å². The molecule has 0 unspecified atom stereocenters. The fourth-order valence-electron chi connectivity index (χ4n) is 1.60. The van der Waals surface area contributed by atoms with Gasteiger partial charge < -0.3 is 15.4 Å². The number of aryl methyl sites for hydroxylation is 1. The van der Waals surface area contributed by atoms with Gasteiger partial charge in [-0.25, -0.2) is 4.39 Å². The van der Waals surface area contributed by atoms with Crippen molar-refractivity contribution in [2.45, 2.75) is 33.6 Å². The van der Waals surface area contributed by atoms with E-state index < -0.39 is 5.82 Å². The van der Waals surface area contributed by atoms with Gasteiger partial charge in [0.25, 0.3) is 0 Å². The summed E-state index contributed by atoms with van der Waals surface area (Å²) >= 11 is 0. The number of benzene rings is 1. The van der Waals surface area contributed by atoms with Crippen molar-refractivity contribution in [2.24, 2.45) is 5.73 Å². The van der Waals surface area contributed by atoms with Crippen molar-refractivity contribution in [1.82, 2.24) is 4.90 Å². The first-order valence-electron chi connectivity index (χ1n) is 7.40. The lowest BCUT2D eigenvalue weighted by molar-refractivity contribution is -0.0980. The molecule has 1 saturated heterocycles. The summed E-state index contributed by atoms with van der Waals surface area (Å²) in [5, 5.41) is 0.